The van der Waals surface area contributed by atoms with Crippen molar-refractivity contribution in [2.45, 2.75) is 19.4 Å². The monoisotopic (exact) mass is 225 g/mol. The van der Waals surface area contributed by atoms with Gasteiger partial charge in [0.05, 0.1) is 0 Å². The van der Waals surface area contributed by atoms with Crippen molar-refractivity contribution in [1.29, 1.82) is 0 Å². The van der Waals surface area contributed by atoms with Gasteiger partial charge in [-0.15, -0.1) is 0 Å². The van der Waals surface area contributed by atoms with Crippen molar-refractivity contribution in [1.82, 2.24) is 0 Å². The summed E-state index contributed by atoms with van der Waals surface area (Å²) in [6, 6.07) is 3.95. The topological polar surface area (TPSA) is 29.4 Å². The Balaban J connectivity index is 2.70. The van der Waals surface area contributed by atoms with Crippen LogP contribution in [0.15, 0.2) is 23.2 Å². The number of benzene rings is 1. The molecule has 1 aromatic rings. The summed E-state index contributed by atoms with van der Waals surface area (Å²) in [5.74, 6) is -0.648. The number of carbonyl (C=O) groups excluding carboxylic acids is 1. The summed E-state index contributed by atoms with van der Waals surface area (Å²) >= 11 is 5.92. The van der Waals surface area contributed by atoms with Crippen LogP contribution in [0.2, 0.25) is 0 Å². The summed E-state index contributed by atoms with van der Waals surface area (Å²) in [5.41, 5.74) is -0.0971. The van der Waals surface area contributed by atoms with Crippen molar-refractivity contribution in [3.8, 4) is 0 Å². The zero-order chi connectivity index (χ0) is 11.2. The van der Waals surface area contributed by atoms with Crippen LogP contribution < -0.4 is 0 Å². The first-order valence-electron chi connectivity index (χ1n) is 4.52. The first kappa shape index (κ1) is 10.3. The highest BCUT2D eigenvalue weighted by Gasteiger charge is 2.35. The van der Waals surface area contributed by atoms with E-state index in [1.54, 1.807) is 13.8 Å². The van der Waals surface area contributed by atoms with Crippen LogP contribution in [0.1, 0.15) is 29.8 Å². The van der Waals surface area contributed by atoms with E-state index in [4.69, 9.17) is 11.6 Å². The molecule has 0 aromatic heterocycles. The minimum atomic E-state index is -0.905. The lowest BCUT2D eigenvalue weighted by Gasteiger charge is -2.25. The molecule has 15 heavy (non-hydrogen) atoms. The van der Waals surface area contributed by atoms with Crippen LogP contribution in [0.3, 0.4) is 0 Å². The molecule has 78 valence electrons. The van der Waals surface area contributed by atoms with Crippen LogP contribution in [-0.2, 0) is 0 Å². The highest BCUT2D eigenvalue weighted by molar-refractivity contribution is 6.70. The van der Waals surface area contributed by atoms with Gasteiger partial charge in [-0.05, 0) is 32.0 Å². The van der Waals surface area contributed by atoms with Gasteiger partial charge in [0.2, 0.25) is 0 Å². The predicted octanol–water partition coefficient (Wildman–Crippen LogP) is 2.79. The normalized spacial score (nSPS) is 18.4. The molecule has 0 bridgehead atoms. The van der Waals surface area contributed by atoms with E-state index in [1.807, 2.05) is 0 Å². The number of halogens is 2. The number of rotatable bonds is 0. The largest absolute Gasteiger partial charge is 0.291 e. The van der Waals surface area contributed by atoms with Gasteiger partial charge >= 0.3 is 0 Å². The fraction of sp³-hybridized carbons (Fsp3) is 0.273. The van der Waals surface area contributed by atoms with Crippen molar-refractivity contribution >= 4 is 22.6 Å². The van der Waals surface area contributed by atoms with Gasteiger partial charge in [0.1, 0.15) is 16.5 Å². The Morgan fingerprint density at radius 1 is 1.33 bits per heavy atom. The van der Waals surface area contributed by atoms with Gasteiger partial charge in [-0.2, -0.15) is 0 Å². The van der Waals surface area contributed by atoms with Gasteiger partial charge in [-0.25, -0.2) is 4.39 Å². The lowest BCUT2D eigenvalue weighted by atomic mass is 9.88. The van der Waals surface area contributed by atoms with Crippen LogP contribution in [0.4, 0.5) is 4.39 Å². The first-order valence-corrected chi connectivity index (χ1v) is 4.90. The molecule has 0 unspecified atom stereocenters. The second-order valence-electron chi connectivity index (χ2n) is 3.98. The van der Waals surface area contributed by atoms with Gasteiger partial charge in [0.15, 0.2) is 5.78 Å². The maximum absolute atomic E-state index is 13.0. The molecular weight excluding hydrogens is 217 g/mol. The molecular formula is C11H9ClFNO. The number of Topliss-reactive ketones (excluding diaryl/α,β-unsaturated/α-hetero) is 1. The molecule has 2 rings (SSSR count). The molecule has 0 saturated carbocycles. The van der Waals surface area contributed by atoms with Crippen LogP contribution >= 0.6 is 11.6 Å². The molecule has 0 atom stereocenters. The van der Waals surface area contributed by atoms with Crippen molar-refractivity contribution < 1.29 is 9.18 Å². The number of hydrogen-bond donors (Lipinski definition) is 0. The van der Waals surface area contributed by atoms with E-state index >= 15 is 0 Å². The molecule has 1 aromatic carbocycles. The maximum atomic E-state index is 13.0. The van der Waals surface area contributed by atoms with Crippen molar-refractivity contribution in [3.05, 3.63) is 35.1 Å². The second-order valence-corrected chi connectivity index (χ2v) is 4.34. The number of carbonyl (C=O) groups is 1. The third-order valence-electron chi connectivity index (χ3n) is 2.38. The number of fused-ring (bicyclic) bond motifs is 1. The Morgan fingerprint density at radius 2 is 2.00 bits per heavy atom. The minimum absolute atomic E-state index is 0.207. The van der Waals surface area contributed by atoms with Crippen molar-refractivity contribution in [2.24, 2.45) is 4.99 Å². The van der Waals surface area contributed by atoms with E-state index in [-0.39, 0.29) is 11.0 Å². The summed E-state index contributed by atoms with van der Waals surface area (Å²) < 4.78 is 13.0. The number of nitrogens with zero attached hydrogens (tertiary/aromatic N) is 1. The highest BCUT2D eigenvalue weighted by atomic mass is 35.5. The van der Waals surface area contributed by atoms with Gasteiger partial charge in [-0.1, -0.05) is 11.6 Å². The molecule has 0 aliphatic carbocycles. The zero-order valence-corrected chi connectivity index (χ0v) is 9.10. The second kappa shape index (κ2) is 3.14. The van der Waals surface area contributed by atoms with Crippen LogP contribution in [0.25, 0.3) is 0 Å². The zero-order valence-electron chi connectivity index (χ0n) is 8.34. The number of hydrogen-bond acceptors (Lipinski definition) is 2. The molecule has 0 N–H and O–H groups in total. The third kappa shape index (κ3) is 1.57. The molecule has 1 aliphatic heterocycles. The Hall–Kier alpha value is -1.22. The average Bonchev–Trinajstić information content (AvgIpc) is 2.13. The average molecular weight is 226 g/mol. The summed E-state index contributed by atoms with van der Waals surface area (Å²) in [6.07, 6.45) is 0. The Labute approximate surface area is 91.8 Å². The molecule has 2 nitrogen and oxygen atoms in total. The van der Waals surface area contributed by atoms with Crippen LogP contribution in [0.5, 0.6) is 0 Å². The summed E-state index contributed by atoms with van der Waals surface area (Å²) in [4.78, 5) is 16.0. The smallest absolute Gasteiger partial charge is 0.190 e. The number of ketones is 1. The van der Waals surface area contributed by atoms with Gasteiger partial charge < -0.3 is 0 Å². The molecule has 1 heterocycles. The van der Waals surface area contributed by atoms with E-state index in [2.05, 4.69) is 4.99 Å². The Bertz CT molecular complexity index is 479. The van der Waals surface area contributed by atoms with Crippen LogP contribution in [0, 0.1) is 5.82 Å². The lowest BCUT2D eigenvalue weighted by molar-refractivity contribution is 0.0912. The van der Waals surface area contributed by atoms with Gasteiger partial charge in [0, 0.05) is 11.1 Å². The van der Waals surface area contributed by atoms with E-state index in [0.29, 0.717) is 11.1 Å². The van der Waals surface area contributed by atoms with E-state index < -0.39 is 11.4 Å². The lowest BCUT2D eigenvalue weighted by Crippen LogP contribution is -2.35. The molecule has 0 spiro atoms. The van der Waals surface area contributed by atoms with Crippen molar-refractivity contribution in [2.75, 3.05) is 0 Å². The summed E-state index contributed by atoms with van der Waals surface area (Å²) in [7, 11) is 0. The summed E-state index contributed by atoms with van der Waals surface area (Å²) in [5, 5.41) is 0.259. The number of aliphatic imine (C=N–C) groups is 1. The minimum Gasteiger partial charge on any atom is -0.291 e. The highest BCUT2D eigenvalue weighted by Crippen LogP contribution is 2.28. The van der Waals surface area contributed by atoms with E-state index in [0.717, 1.165) is 0 Å². The first-order chi connectivity index (χ1) is 6.92. The summed E-state index contributed by atoms with van der Waals surface area (Å²) in [6.45, 7) is 3.32. The van der Waals surface area contributed by atoms with Crippen molar-refractivity contribution in [3.63, 3.8) is 0 Å². The molecule has 0 amide bonds. The van der Waals surface area contributed by atoms with E-state index in [9.17, 15) is 9.18 Å². The predicted molar refractivity (Wildman–Crippen MR) is 57.2 cm³/mol. The molecule has 0 radical (unpaired) electrons. The molecule has 4 heteroatoms. The quantitative estimate of drug-likeness (QED) is 0.668. The fourth-order valence-corrected chi connectivity index (χ4v) is 1.95. The van der Waals surface area contributed by atoms with E-state index in [1.165, 1.54) is 18.2 Å². The maximum Gasteiger partial charge on any atom is 0.190 e. The third-order valence-corrected chi connectivity index (χ3v) is 2.67. The van der Waals surface area contributed by atoms with Gasteiger partial charge in [-0.3, -0.25) is 9.79 Å². The Kier molecular flexibility index (Phi) is 2.15. The fourth-order valence-electron chi connectivity index (χ4n) is 1.57. The SMILES string of the molecule is CC1(C)N=C(Cl)c2ccc(F)cc2C1=O. The molecule has 1 aliphatic rings. The van der Waals surface area contributed by atoms with Gasteiger partial charge in [0.25, 0.3) is 0 Å². The molecule has 0 saturated heterocycles. The standard InChI is InChI=1S/C11H9ClFNO/c1-11(2)9(15)8-5-6(13)3-4-7(8)10(12)14-11/h3-5H,1-2H3. The Morgan fingerprint density at radius 3 is 2.67 bits per heavy atom. The van der Waals surface area contributed by atoms with Crippen LogP contribution in [-0.4, -0.2) is 16.5 Å². The molecule has 0 fully saturated rings.